The normalized spacial score (nSPS) is 10.1. The third-order valence-electron chi connectivity index (χ3n) is 1.72. The minimum absolute atomic E-state index is 0.114. The molecule has 0 bridgehead atoms. The molecule has 1 rings (SSSR count). The molecule has 0 unspecified atom stereocenters. The molecule has 0 aromatic heterocycles. The largest absolute Gasteiger partial charge is 0.283 e. The summed E-state index contributed by atoms with van der Waals surface area (Å²) in [5, 5.41) is 10.1. The molecule has 16 heavy (non-hydrogen) atoms. The molecular weight excluding hydrogens is 273 g/mol. The second-order valence-electron chi connectivity index (χ2n) is 2.75. The summed E-state index contributed by atoms with van der Waals surface area (Å²) < 4.78 is 0. The van der Waals surface area contributed by atoms with Crippen LogP contribution in [0.5, 0.6) is 0 Å². The first-order valence-electron chi connectivity index (χ1n) is 4.23. The van der Waals surface area contributed by atoms with Crippen molar-refractivity contribution in [3.05, 3.63) is 33.9 Å². The molecule has 7 heteroatoms. The van der Waals surface area contributed by atoms with Crippen molar-refractivity contribution in [2.45, 2.75) is 4.90 Å². The Bertz CT molecular complexity index is 425. The van der Waals surface area contributed by atoms with Crippen molar-refractivity contribution in [3.63, 3.8) is 0 Å². The minimum Gasteiger partial charge on any atom is -0.276 e. The van der Waals surface area contributed by atoms with Crippen LogP contribution < -0.4 is 0 Å². The lowest BCUT2D eigenvalue weighted by molar-refractivity contribution is -0.387. The van der Waals surface area contributed by atoms with Gasteiger partial charge in [-0.2, -0.15) is 0 Å². The van der Waals surface area contributed by atoms with Gasteiger partial charge in [-0.3, -0.25) is 14.9 Å². The van der Waals surface area contributed by atoms with Crippen LogP contribution in [0.25, 0.3) is 0 Å². The Balaban J connectivity index is 3.09. The number of rotatable bonds is 5. The van der Waals surface area contributed by atoms with Crippen LogP contribution in [0.3, 0.4) is 0 Å². The van der Waals surface area contributed by atoms with Gasteiger partial charge in [-0.25, -0.2) is 0 Å². The summed E-state index contributed by atoms with van der Waals surface area (Å²) in [6.07, 6.45) is 0. The van der Waals surface area contributed by atoms with Crippen LogP contribution in [0.15, 0.2) is 23.1 Å². The van der Waals surface area contributed by atoms with Crippen LogP contribution in [-0.4, -0.2) is 21.8 Å². The van der Waals surface area contributed by atoms with Crippen LogP contribution in [-0.2, 0) is 0 Å². The minimum atomic E-state index is -0.711. The van der Waals surface area contributed by atoms with Crippen molar-refractivity contribution in [1.82, 2.24) is 0 Å². The zero-order chi connectivity index (χ0) is 12.1. The average Bonchev–Trinajstić information content (AvgIpc) is 2.25. The highest BCUT2D eigenvalue weighted by molar-refractivity contribution is 7.99. The molecule has 0 saturated carbocycles. The van der Waals surface area contributed by atoms with E-state index in [4.69, 9.17) is 23.2 Å². The summed E-state index contributed by atoms with van der Waals surface area (Å²) in [5.74, 6) is 0.967. The SMILES string of the molecule is O=C(Cl)c1ccc(SCCCl)c([N+](=O)[O-])c1. The quantitative estimate of drug-likeness (QED) is 0.273. The molecule has 0 spiro atoms. The summed E-state index contributed by atoms with van der Waals surface area (Å²) in [6.45, 7) is 0. The molecule has 0 fully saturated rings. The molecule has 0 aliphatic rings. The monoisotopic (exact) mass is 279 g/mol. The van der Waals surface area contributed by atoms with Crippen LogP contribution in [0, 0.1) is 10.1 Å². The fourth-order valence-electron chi connectivity index (χ4n) is 1.05. The molecule has 86 valence electrons. The standard InChI is InChI=1S/C9H7Cl2NO3S/c10-3-4-16-8-2-1-6(9(11)13)5-7(8)12(14)15/h1-2,5H,3-4H2. The Morgan fingerprint density at radius 1 is 1.50 bits per heavy atom. The molecule has 4 nitrogen and oxygen atoms in total. The number of thioether (sulfide) groups is 1. The van der Waals surface area contributed by atoms with E-state index in [0.29, 0.717) is 16.5 Å². The molecule has 0 radical (unpaired) electrons. The first-order valence-corrected chi connectivity index (χ1v) is 6.13. The van der Waals surface area contributed by atoms with Gasteiger partial charge in [0.1, 0.15) is 0 Å². The molecule has 1 aromatic rings. The van der Waals surface area contributed by atoms with Gasteiger partial charge < -0.3 is 0 Å². The average molecular weight is 280 g/mol. The third-order valence-corrected chi connectivity index (χ3v) is 3.41. The highest BCUT2D eigenvalue weighted by Crippen LogP contribution is 2.30. The van der Waals surface area contributed by atoms with Crippen molar-refractivity contribution >= 4 is 45.9 Å². The van der Waals surface area contributed by atoms with E-state index in [2.05, 4.69) is 0 Å². The van der Waals surface area contributed by atoms with Gasteiger partial charge in [0.2, 0.25) is 0 Å². The number of carbonyl (C=O) groups excluding carboxylic acids is 1. The maximum Gasteiger partial charge on any atom is 0.283 e. The van der Waals surface area contributed by atoms with Crippen molar-refractivity contribution in [1.29, 1.82) is 0 Å². The molecule has 0 aliphatic carbocycles. The van der Waals surface area contributed by atoms with E-state index < -0.39 is 10.2 Å². The van der Waals surface area contributed by atoms with E-state index in [0.717, 1.165) is 0 Å². The number of hydrogen-bond donors (Lipinski definition) is 0. The zero-order valence-electron chi connectivity index (χ0n) is 7.98. The Morgan fingerprint density at radius 2 is 2.19 bits per heavy atom. The summed E-state index contributed by atoms with van der Waals surface area (Å²) in [6, 6.07) is 4.13. The number of hydrogen-bond acceptors (Lipinski definition) is 4. The van der Waals surface area contributed by atoms with Gasteiger partial charge in [0, 0.05) is 23.3 Å². The first-order chi connectivity index (χ1) is 7.56. The lowest BCUT2D eigenvalue weighted by Crippen LogP contribution is -1.96. The maximum absolute atomic E-state index is 10.9. The Labute approximate surface area is 106 Å². The Kier molecular flexibility index (Phi) is 5.05. The number of benzene rings is 1. The van der Waals surface area contributed by atoms with Gasteiger partial charge >= 0.3 is 0 Å². The highest BCUT2D eigenvalue weighted by Gasteiger charge is 2.16. The molecule has 0 heterocycles. The number of carbonyl (C=O) groups is 1. The van der Waals surface area contributed by atoms with Crippen LogP contribution in [0.1, 0.15) is 10.4 Å². The first kappa shape index (κ1) is 13.3. The van der Waals surface area contributed by atoms with Gasteiger partial charge in [-0.05, 0) is 23.7 Å². The van der Waals surface area contributed by atoms with E-state index in [-0.39, 0.29) is 11.3 Å². The van der Waals surface area contributed by atoms with Gasteiger partial charge in [0.15, 0.2) is 0 Å². The number of nitrogens with zero attached hydrogens (tertiary/aromatic N) is 1. The molecule has 1 aromatic carbocycles. The van der Waals surface area contributed by atoms with Gasteiger partial charge in [-0.1, -0.05) is 0 Å². The van der Waals surface area contributed by atoms with Crippen molar-refractivity contribution in [3.8, 4) is 0 Å². The van der Waals surface area contributed by atoms with Gasteiger partial charge in [0.05, 0.1) is 9.82 Å². The van der Waals surface area contributed by atoms with E-state index in [1.807, 2.05) is 0 Å². The number of nitro benzene ring substituents is 1. The van der Waals surface area contributed by atoms with Crippen molar-refractivity contribution in [2.24, 2.45) is 0 Å². The van der Waals surface area contributed by atoms with Gasteiger partial charge in [-0.15, -0.1) is 23.4 Å². The third kappa shape index (κ3) is 3.37. The fraction of sp³-hybridized carbons (Fsp3) is 0.222. The predicted octanol–water partition coefficient (Wildman–Crippen LogP) is 3.30. The molecule has 0 aliphatic heterocycles. The van der Waals surface area contributed by atoms with E-state index in [1.54, 1.807) is 0 Å². The Morgan fingerprint density at radius 3 is 2.69 bits per heavy atom. The number of nitro groups is 1. The van der Waals surface area contributed by atoms with E-state index in [9.17, 15) is 14.9 Å². The molecule has 0 amide bonds. The molecule has 0 saturated heterocycles. The van der Waals surface area contributed by atoms with Crippen LogP contribution in [0.4, 0.5) is 5.69 Å². The zero-order valence-corrected chi connectivity index (χ0v) is 10.3. The second kappa shape index (κ2) is 6.08. The Hall–Kier alpha value is -0.780. The fourth-order valence-corrected chi connectivity index (χ4v) is 2.14. The van der Waals surface area contributed by atoms with E-state index in [1.165, 1.54) is 30.0 Å². The number of alkyl halides is 1. The molecule has 0 N–H and O–H groups in total. The lowest BCUT2D eigenvalue weighted by Gasteiger charge is -2.02. The number of halogens is 2. The lowest BCUT2D eigenvalue weighted by atomic mass is 10.2. The van der Waals surface area contributed by atoms with Crippen LogP contribution in [0.2, 0.25) is 0 Å². The topological polar surface area (TPSA) is 60.2 Å². The highest BCUT2D eigenvalue weighted by atomic mass is 35.5. The van der Waals surface area contributed by atoms with Crippen molar-refractivity contribution < 1.29 is 9.72 Å². The predicted molar refractivity (Wildman–Crippen MR) is 64.7 cm³/mol. The summed E-state index contributed by atoms with van der Waals surface area (Å²) in [7, 11) is 0. The summed E-state index contributed by atoms with van der Waals surface area (Å²) in [5.41, 5.74) is -0.00907. The maximum atomic E-state index is 10.9. The van der Waals surface area contributed by atoms with E-state index >= 15 is 0 Å². The summed E-state index contributed by atoms with van der Waals surface area (Å²) >= 11 is 12.0. The van der Waals surface area contributed by atoms with Crippen LogP contribution >= 0.6 is 35.0 Å². The smallest absolute Gasteiger partial charge is 0.276 e. The summed E-state index contributed by atoms with van der Waals surface area (Å²) in [4.78, 5) is 21.6. The second-order valence-corrected chi connectivity index (χ2v) is 4.61. The van der Waals surface area contributed by atoms with Crippen molar-refractivity contribution in [2.75, 3.05) is 11.6 Å². The molecular formula is C9H7Cl2NO3S. The van der Waals surface area contributed by atoms with Gasteiger partial charge in [0.25, 0.3) is 10.9 Å². The molecule has 0 atom stereocenters.